The van der Waals surface area contributed by atoms with Crippen molar-refractivity contribution in [3.05, 3.63) is 64.1 Å². The van der Waals surface area contributed by atoms with Crippen LogP contribution in [0.1, 0.15) is 28.8 Å². The maximum atomic E-state index is 13.0. The molecule has 0 bridgehead atoms. The number of hydrogen-bond acceptors (Lipinski definition) is 2. The Bertz CT molecular complexity index is 638. The summed E-state index contributed by atoms with van der Waals surface area (Å²) in [5.41, 5.74) is 1.51. The number of aromatic nitrogens is 1. The van der Waals surface area contributed by atoms with Crippen molar-refractivity contribution in [1.29, 1.82) is 0 Å². The molecule has 0 saturated heterocycles. The van der Waals surface area contributed by atoms with Crippen molar-refractivity contribution in [2.45, 2.75) is 25.4 Å². The summed E-state index contributed by atoms with van der Waals surface area (Å²) in [6.07, 6.45) is 3.63. The fourth-order valence-corrected chi connectivity index (χ4v) is 2.44. The van der Waals surface area contributed by atoms with Gasteiger partial charge in [0.25, 0.3) is 5.91 Å². The van der Waals surface area contributed by atoms with Crippen LogP contribution in [0, 0.1) is 5.82 Å². The molecular weight excluding hydrogens is 335 g/mol. The number of amides is 1. The van der Waals surface area contributed by atoms with Gasteiger partial charge in [0, 0.05) is 18.8 Å². The predicted molar refractivity (Wildman–Crippen MR) is 81.2 cm³/mol. The van der Waals surface area contributed by atoms with Gasteiger partial charge in [0.05, 0.1) is 5.56 Å². The molecule has 0 aliphatic heterocycles. The number of pyridine rings is 1. The molecule has 1 amide bonds. The average molecular weight is 349 g/mol. The van der Waals surface area contributed by atoms with Crippen LogP contribution in [0.5, 0.6) is 0 Å². The molecule has 1 aliphatic carbocycles. The number of carbonyl (C=O) groups excluding carboxylic acids is 1. The molecule has 5 heteroatoms. The quantitative estimate of drug-likeness (QED) is 0.787. The van der Waals surface area contributed by atoms with Gasteiger partial charge in [0.2, 0.25) is 0 Å². The first-order valence-corrected chi connectivity index (χ1v) is 7.60. The fourth-order valence-electron chi connectivity index (χ4n) is 2.21. The second-order valence-electron chi connectivity index (χ2n) is 5.16. The molecule has 1 aromatic carbocycles. The molecule has 21 heavy (non-hydrogen) atoms. The lowest BCUT2D eigenvalue weighted by Crippen LogP contribution is -2.32. The third-order valence-corrected chi connectivity index (χ3v) is 3.96. The van der Waals surface area contributed by atoms with Gasteiger partial charge in [0.1, 0.15) is 10.4 Å². The van der Waals surface area contributed by atoms with E-state index in [1.54, 1.807) is 30.5 Å². The summed E-state index contributed by atoms with van der Waals surface area (Å²) < 4.78 is 13.7. The monoisotopic (exact) mass is 348 g/mol. The molecule has 2 aromatic rings. The number of nitrogens with zero attached hydrogens (tertiary/aromatic N) is 2. The zero-order valence-corrected chi connectivity index (χ0v) is 12.9. The molecule has 0 radical (unpaired) electrons. The second-order valence-corrected chi connectivity index (χ2v) is 5.97. The lowest BCUT2D eigenvalue weighted by molar-refractivity contribution is 0.0729. The summed E-state index contributed by atoms with van der Waals surface area (Å²) in [4.78, 5) is 18.6. The van der Waals surface area contributed by atoms with Crippen LogP contribution in [0.2, 0.25) is 0 Å². The van der Waals surface area contributed by atoms with Crippen LogP contribution in [0.25, 0.3) is 0 Å². The number of benzene rings is 1. The molecule has 3 rings (SSSR count). The van der Waals surface area contributed by atoms with E-state index >= 15 is 0 Å². The highest BCUT2D eigenvalue weighted by atomic mass is 79.9. The zero-order chi connectivity index (χ0) is 14.8. The van der Waals surface area contributed by atoms with Gasteiger partial charge < -0.3 is 4.90 Å². The second kappa shape index (κ2) is 5.93. The van der Waals surface area contributed by atoms with Gasteiger partial charge in [0.15, 0.2) is 0 Å². The highest BCUT2D eigenvalue weighted by molar-refractivity contribution is 9.10. The Morgan fingerprint density at radius 1 is 1.24 bits per heavy atom. The Labute approximate surface area is 130 Å². The van der Waals surface area contributed by atoms with E-state index in [2.05, 4.69) is 20.9 Å². The summed E-state index contributed by atoms with van der Waals surface area (Å²) in [5, 5.41) is 0. The number of carbonyl (C=O) groups is 1. The van der Waals surface area contributed by atoms with Crippen molar-refractivity contribution >= 4 is 21.8 Å². The van der Waals surface area contributed by atoms with E-state index in [0.29, 0.717) is 16.7 Å². The van der Waals surface area contributed by atoms with Crippen LogP contribution in [-0.2, 0) is 6.54 Å². The van der Waals surface area contributed by atoms with E-state index in [4.69, 9.17) is 0 Å². The van der Waals surface area contributed by atoms with Crippen LogP contribution in [0.3, 0.4) is 0 Å². The standard InChI is InChI=1S/C16H14BrFN2O/c17-15-8-3-12(9-19-15)16(21)20(14-6-7-14)10-11-1-4-13(18)5-2-11/h1-5,8-9,14H,6-7,10H2. The predicted octanol–water partition coefficient (Wildman–Crippen LogP) is 3.79. The molecule has 1 aromatic heterocycles. The first-order valence-electron chi connectivity index (χ1n) is 6.80. The molecule has 1 fully saturated rings. The first kappa shape index (κ1) is 14.2. The zero-order valence-electron chi connectivity index (χ0n) is 11.3. The maximum Gasteiger partial charge on any atom is 0.255 e. The van der Waals surface area contributed by atoms with Crippen LogP contribution < -0.4 is 0 Å². The Morgan fingerprint density at radius 2 is 1.95 bits per heavy atom. The van der Waals surface area contributed by atoms with Gasteiger partial charge in [-0.3, -0.25) is 4.79 Å². The van der Waals surface area contributed by atoms with Crippen molar-refractivity contribution in [2.24, 2.45) is 0 Å². The van der Waals surface area contributed by atoms with E-state index in [9.17, 15) is 9.18 Å². The molecule has 1 aliphatic rings. The Hall–Kier alpha value is -1.75. The molecule has 1 heterocycles. The van der Waals surface area contributed by atoms with Crippen molar-refractivity contribution in [3.63, 3.8) is 0 Å². The SMILES string of the molecule is O=C(c1ccc(Br)nc1)N(Cc1ccc(F)cc1)C1CC1. The van der Waals surface area contributed by atoms with Gasteiger partial charge in [-0.25, -0.2) is 9.37 Å². The summed E-state index contributed by atoms with van der Waals surface area (Å²) >= 11 is 3.26. The molecule has 0 atom stereocenters. The minimum absolute atomic E-state index is 0.0261. The number of rotatable bonds is 4. The minimum Gasteiger partial charge on any atom is -0.331 e. The topological polar surface area (TPSA) is 33.2 Å². The molecule has 0 unspecified atom stereocenters. The maximum absolute atomic E-state index is 13.0. The van der Waals surface area contributed by atoms with Gasteiger partial charge >= 0.3 is 0 Å². The van der Waals surface area contributed by atoms with Gasteiger partial charge in [-0.2, -0.15) is 0 Å². The fraction of sp³-hybridized carbons (Fsp3) is 0.250. The van der Waals surface area contributed by atoms with Gasteiger partial charge in [-0.1, -0.05) is 12.1 Å². The Kier molecular flexibility index (Phi) is 4.01. The third kappa shape index (κ3) is 3.47. The normalized spacial score (nSPS) is 14.0. The minimum atomic E-state index is -0.264. The van der Waals surface area contributed by atoms with Crippen molar-refractivity contribution < 1.29 is 9.18 Å². The van der Waals surface area contributed by atoms with Crippen molar-refractivity contribution in [3.8, 4) is 0 Å². The third-order valence-electron chi connectivity index (χ3n) is 3.49. The van der Waals surface area contributed by atoms with Crippen LogP contribution in [0.4, 0.5) is 4.39 Å². The van der Waals surface area contributed by atoms with E-state index in [1.165, 1.54) is 12.1 Å². The van der Waals surface area contributed by atoms with E-state index in [0.717, 1.165) is 18.4 Å². The smallest absolute Gasteiger partial charge is 0.255 e. The molecule has 108 valence electrons. The average Bonchev–Trinajstić information content (AvgIpc) is 3.31. The molecule has 1 saturated carbocycles. The number of hydrogen-bond donors (Lipinski definition) is 0. The van der Waals surface area contributed by atoms with E-state index in [1.807, 2.05) is 4.90 Å². The van der Waals surface area contributed by atoms with E-state index in [-0.39, 0.29) is 17.8 Å². The first-order chi connectivity index (χ1) is 10.1. The summed E-state index contributed by atoms with van der Waals surface area (Å²) in [6, 6.07) is 10.1. The highest BCUT2D eigenvalue weighted by Crippen LogP contribution is 2.30. The van der Waals surface area contributed by atoms with Crippen LogP contribution in [-0.4, -0.2) is 21.8 Å². The van der Waals surface area contributed by atoms with Crippen LogP contribution >= 0.6 is 15.9 Å². The molecule has 0 N–H and O–H groups in total. The largest absolute Gasteiger partial charge is 0.331 e. The van der Waals surface area contributed by atoms with Gasteiger partial charge in [-0.05, 0) is 58.6 Å². The Balaban J connectivity index is 1.79. The van der Waals surface area contributed by atoms with Crippen molar-refractivity contribution in [1.82, 2.24) is 9.88 Å². The summed E-state index contributed by atoms with van der Waals surface area (Å²) in [6.45, 7) is 0.500. The molecular formula is C16H14BrFN2O. The van der Waals surface area contributed by atoms with Crippen molar-refractivity contribution in [2.75, 3.05) is 0 Å². The van der Waals surface area contributed by atoms with Crippen LogP contribution in [0.15, 0.2) is 47.2 Å². The summed E-state index contributed by atoms with van der Waals surface area (Å²) in [7, 11) is 0. The molecule has 0 spiro atoms. The lowest BCUT2D eigenvalue weighted by Gasteiger charge is -2.22. The molecule has 3 nitrogen and oxygen atoms in total. The van der Waals surface area contributed by atoms with Gasteiger partial charge in [-0.15, -0.1) is 0 Å². The highest BCUT2D eigenvalue weighted by Gasteiger charge is 2.33. The summed E-state index contributed by atoms with van der Waals surface area (Å²) in [5.74, 6) is -0.290. The Morgan fingerprint density at radius 3 is 2.52 bits per heavy atom. The number of halogens is 2. The lowest BCUT2D eigenvalue weighted by atomic mass is 10.2. The van der Waals surface area contributed by atoms with E-state index < -0.39 is 0 Å².